The van der Waals surface area contributed by atoms with Gasteiger partial charge < -0.3 is 5.32 Å². The van der Waals surface area contributed by atoms with E-state index in [4.69, 9.17) is 0 Å². The number of carbonyl (C=O) groups excluding carboxylic acids is 2. The van der Waals surface area contributed by atoms with Crippen LogP contribution in [-0.4, -0.2) is 27.8 Å². The fraction of sp³-hybridized carbons (Fsp3) is 0.263. The monoisotopic (exact) mass is 369 g/mol. The standard InChI is InChI=1S/C19H16FN3O2S/c1-9-5-16(10(2)24)21-8-13(9)11-3-4-15-17(6-11)26-19(22-15)23-18(25)12-7-14(12)20/h3-6,8,12,14H,7H2,1-2H3,(H,22,23,25)/t12-,14+/m1/s1. The molecule has 132 valence electrons. The van der Waals surface area contributed by atoms with Gasteiger partial charge in [-0.15, -0.1) is 0 Å². The van der Waals surface area contributed by atoms with Crippen LogP contribution in [0.5, 0.6) is 0 Å². The number of Topliss-reactive ketones (excluding diaryl/α,β-unsaturated/α-hetero) is 1. The second-order valence-corrected chi connectivity index (χ2v) is 7.52. The van der Waals surface area contributed by atoms with Crippen molar-refractivity contribution in [1.29, 1.82) is 0 Å². The number of hydrogen-bond acceptors (Lipinski definition) is 5. The number of aryl methyl sites for hydroxylation is 1. The number of aromatic nitrogens is 2. The number of alkyl halides is 1. The number of fused-ring (bicyclic) bond motifs is 1. The molecule has 0 spiro atoms. The molecule has 26 heavy (non-hydrogen) atoms. The number of ketones is 1. The quantitative estimate of drug-likeness (QED) is 0.701. The van der Waals surface area contributed by atoms with Gasteiger partial charge in [-0.2, -0.15) is 0 Å². The highest BCUT2D eigenvalue weighted by Crippen LogP contribution is 2.36. The van der Waals surface area contributed by atoms with Gasteiger partial charge in [-0.1, -0.05) is 17.4 Å². The Morgan fingerprint density at radius 2 is 2.08 bits per heavy atom. The van der Waals surface area contributed by atoms with Crippen LogP contribution in [0.15, 0.2) is 30.5 Å². The lowest BCUT2D eigenvalue weighted by atomic mass is 10.0. The molecule has 7 heteroatoms. The van der Waals surface area contributed by atoms with E-state index in [-0.39, 0.29) is 11.7 Å². The fourth-order valence-electron chi connectivity index (χ4n) is 2.83. The number of rotatable bonds is 4. The minimum atomic E-state index is -1.02. The number of nitrogens with zero attached hydrogens (tertiary/aromatic N) is 2. The van der Waals surface area contributed by atoms with E-state index in [1.807, 2.05) is 25.1 Å². The molecule has 0 saturated heterocycles. The maximum atomic E-state index is 13.0. The smallest absolute Gasteiger partial charge is 0.232 e. The van der Waals surface area contributed by atoms with E-state index < -0.39 is 12.1 Å². The Bertz CT molecular complexity index is 1050. The van der Waals surface area contributed by atoms with Gasteiger partial charge in [0.25, 0.3) is 0 Å². The second kappa shape index (κ2) is 6.25. The predicted molar refractivity (Wildman–Crippen MR) is 99.2 cm³/mol. The lowest BCUT2D eigenvalue weighted by Crippen LogP contribution is -2.14. The molecule has 0 radical (unpaired) electrons. The van der Waals surface area contributed by atoms with Crippen LogP contribution in [0.25, 0.3) is 21.3 Å². The van der Waals surface area contributed by atoms with Crippen molar-refractivity contribution < 1.29 is 14.0 Å². The van der Waals surface area contributed by atoms with E-state index in [2.05, 4.69) is 15.3 Å². The number of pyridine rings is 1. The molecule has 1 amide bonds. The summed E-state index contributed by atoms with van der Waals surface area (Å²) in [5, 5.41) is 3.17. The summed E-state index contributed by atoms with van der Waals surface area (Å²) < 4.78 is 13.9. The highest BCUT2D eigenvalue weighted by molar-refractivity contribution is 7.22. The fourth-order valence-corrected chi connectivity index (χ4v) is 3.74. The molecule has 1 fully saturated rings. The number of thiazole rings is 1. The van der Waals surface area contributed by atoms with E-state index in [0.717, 1.165) is 26.9 Å². The molecule has 1 saturated carbocycles. The molecule has 4 rings (SSSR count). The number of benzene rings is 1. The van der Waals surface area contributed by atoms with Crippen molar-refractivity contribution in [2.24, 2.45) is 5.92 Å². The van der Waals surface area contributed by atoms with Crippen molar-refractivity contribution in [2.75, 3.05) is 5.32 Å². The molecule has 1 N–H and O–H groups in total. The van der Waals surface area contributed by atoms with Gasteiger partial charge >= 0.3 is 0 Å². The Balaban J connectivity index is 1.63. The van der Waals surface area contributed by atoms with Crippen molar-refractivity contribution in [3.05, 3.63) is 41.7 Å². The molecule has 2 aromatic heterocycles. The molecule has 0 unspecified atom stereocenters. The summed E-state index contributed by atoms with van der Waals surface area (Å²) in [5.41, 5.74) is 4.08. The molecule has 5 nitrogen and oxygen atoms in total. The lowest BCUT2D eigenvalue weighted by Gasteiger charge is -2.06. The Hall–Kier alpha value is -2.67. The van der Waals surface area contributed by atoms with Crippen LogP contribution in [0.2, 0.25) is 0 Å². The highest BCUT2D eigenvalue weighted by Gasteiger charge is 2.43. The van der Waals surface area contributed by atoms with Crippen molar-refractivity contribution in [3.63, 3.8) is 0 Å². The van der Waals surface area contributed by atoms with Gasteiger partial charge in [0, 0.05) is 18.7 Å². The Kier molecular flexibility index (Phi) is 4.03. The van der Waals surface area contributed by atoms with Gasteiger partial charge in [-0.3, -0.25) is 14.6 Å². The van der Waals surface area contributed by atoms with E-state index in [1.165, 1.54) is 18.3 Å². The van der Waals surface area contributed by atoms with E-state index in [9.17, 15) is 14.0 Å². The summed E-state index contributed by atoms with van der Waals surface area (Å²) in [5.74, 6) is -0.910. The van der Waals surface area contributed by atoms with Crippen LogP contribution < -0.4 is 5.32 Å². The molecular weight excluding hydrogens is 353 g/mol. The zero-order valence-corrected chi connectivity index (χ0v) is 15.1. The van der Waals surface area contributed by atoms with Crippen molar-refractivity contribution in [3.8, 4) is 11.1 Å². The molecular formula is C19H16FN3O2S. The summed E-state index contributed by atoms with van der Waals surface area (Å²) in [6, 6.07) is 7.58. The number of anilines is 1. The molecule has 0 bridgehead atoms. The van der Waals surface area contributed by atoms with E-state index in [1.54, 1.807) is 12.3 Å². The lowest BCUT2D eigenvalue weighted by molar-refractivity contribution is -0.117. The first-order valence-corrected chi connectivity index (χ1v) is 9.07. The van der Waals surface area contributed by atoms with Gasteiger partial charge in [0.15, 0.2) is 10.9 Å². The summed E-state index contributed by atoms with van der Waals surface area (Å²) in [4.78, 5) is 31.9. The average molecular weight is 369 g/mol. The molecule has 1 aliphatic rings. The van der Waals surface area contributed by atoms with Crippen LogP contribution in [0, 0.1) is 12.8 Å². The van der Waals surface area contributed by atoms with Crippen molar-refractivity contribution >= 4 is 38.4 Å². The minimum absolute atomic E-state index is 0.0656. The Morgan fingerprint density at radius 1 is 1.31 bits per heavy atom. The summed E-state index contributed by atoms with van der Waals surface area (Å²) in [6.07, 6.45) is 0.971. The summed E-state index contributed by atoms with van der Waals surface area (Å²) >= 11 is 1.35. The second-order valence-electron chi connectivity index (χ2n) is 6.49. The zero-order valence-electron chi connectivity index (χ0n) is 14.2. The van der Waals surface area contributed by atoms with Crippen LogP contribution in [-0.2, 0) is 4.79 Å². The van der Waals surface area contributed by atoms with Crippen LogP contribution in [0.3, 0.4) is 0 Å². The zero-order chi connectivity index (χ0) is 18.4. The van der Waals surface area contributed by atoms with Crippen molar-refractivity contribution in [2.45, 2.75) is 26.4 Å². The topological polar surface area (TPSA) is 72.0 Å². The molecule has 2 atom stereocenters. The normalized spacial score (nSPS) is 18.7. The molecule has 3 aromatic rings. The molecule has 1 aromatic carbocycles. The SMILES string of the molecule is CC(=O)c1cc(C)c(-c2ccc3nc(NC(=O)[C@@H]4C[C@@H]4F)sc3c2)cn1. The van der Waals surface area contributed by atoms with Gasteiger partial charge in [0.2, 0.25) is 5.91 Å². The van der Waals surface area contributed by atoms with Crippen molar-refractivity contribution in [1.82, 2.24) is 9.97 Å². The van der Waals surface area contributed by atoms with Crippen LogP contribution in [0.1, 0.15) is 29.4 Å². The predicted octanol–water partition coefficient (Wildman–Crippen LogP) is 4.17. The Labute approximate surface area is 153 Å². The van der Waals surface area contributed by atoms with E-state index in [0.29, 0.717) is 17.2 Å². The van der Waals surface area contributed by atoms with Gasteiger partial charge in [0.05, 0.1) is 16.1 Å². The maximum Gasteiger partial charge on any atom is 0.232 e. The highest BCUT2D eigenvalue weighted by atomic mass is 32.1. The number of nitrogens with one attached hydrogen (secondary N) is 1. The van der Waals surface area contributed by atoms with Gasteiger partial charge in [0.1, 0.15) is 11.9 Å². The number of amides is 1. The number of hydrogen-bond donors (Lipinski definition) is 1. The van der Waals surface area contributed by atoms with Crippen LogP contribution in [0.4, 0.5) is 9.52 Å². The molecule has 1 aliphatic carbocycles. The first kappa shape index (κ1) is 16.8. The van der Waals surface area contributed by atoms with E-state index >= 15 is 0 Å². The third-order valence-corrected chi connectivity index (χ3v) is 5.38. The largest absolute Gasteiger partial charge is 0.302 e. The summed E-state index contributed by atoms with van der Waals surface area (Å²) in [6.45, 7) is 3.43. The number of carbonyl (C=O) groups is 2. The van der Waals surface area contributed by atoms with Gasteiger partial charge in [-0.25, -0.2) is 9.37 Å². The van der Waals surface area contributed by atoms with Crippen LogP contribution >= 0.6 is 11.3 Å². The first-order valence-electron chi connectivity index (χ1n) is 8.26. The minimum Gasteiger partial charge on any atom is -0.302 e. The average Bonchev–Trinajstić information content (AvgIpc) is 3.20. The first-order chi connectivity index (χ1) is 12.4. The maximum absolute atomic E-state index is 13.0. The number of halogens is 1. The van der Waals surface area contributed by atoms with Gasteiger partial charge in [-0.05, 0) is 42.7 Å². The summed E-state index contributed by atoms with van der Waals surface area (Å²) in [7, 11) is 0. The third kappa shape index (κ3) is 3.10. The molecule has 0 aliphatic heterocycles. The Morgan fingerprint density at radius 3 is 2.73 bits per heavy atom. The third-order valence-electron chi connectivity index (χ3n) is 4.45. The molecule has 2 heterocycles.